The van der Waals surface area contributed by atoms with E-state index in [1.54, 1.807) is 13.0 Å². The predicted molar refractivity (Wildman–Crippen MR) is 111 cm³/mol. The normalized spacial score (nSPS) is 12.1. The second-order valence-electron chi connectivity index (χ2n) is 6.93. The van der Waals surface area contributed by atoms with Crippen LogP contribution in [0.5, 0.6) is 0 Å². The first-order valence-electron chi connectivity index (χ1n) is 9.22. The van der Waals surface area contributed by atoms with E-state index in [1.165, 1.54) is 4.90 Å². The SMILES string of the molecule is C[C@@H](C(=O)O)N(C(=O)CN(C)Cc1ccccc1)c1cccc2ccccc12. The predicted octanol–water partition coefficient (Wildman–Crippen LogP) is 3.78. The molecule has 5 nitrogen and oxygen atoms in total. The topological polar surface area (TPSA) is 60.9 Å². The molecule has 28 heavy (non-hydrogen) atoms. The lowest BCUT2D eigenvalue weighted by Crippen LogP contribution is -2.47. The van der Waals surface area contributed by atoms with E-state index in [9.17, 15) is 14.7 Å². The zero-order chi connectivity index (χ0) is 20.1. The number of hydrogen-bond acceptors (Lipinski definition) is 3. The summed E-state index contributed by atoms with van der Waals surface area (Å²) in [5.74, 6) is -1.28. The standard InChI is InChI=1S/C23H24N2O3/c1-17(23(27)28)25(21-14-8-12-19-11-6-7-13-20(19)21)22(26)16-24(2)15-18-9-4-3-5-10-18/h3-14,17H,15-16H2,1-2H3,(H,27,28)/t17-/m0/s1. The van der Waals surface area contributed by atoms with E-state index in [-0.39, 0.29) is 12.5 Å². The van der Waals surface area contributed by atoms with Crippen LogP contribution in [0.3, 0.4) is 0 Å². The molecule has 0 fully saturated rings. The van der Waals surface area contributed by atoms with Crippen LogP contribution >= 0.6 is 0 Å². The largest absolute Gasteiger partial charge is 0.480 e. The van der Waals surface area contributed by atoms with Gasteiger partial charge in [-0.2, -0.15) is 0 Å². The highest BCUT2D eigenvalue weighted by Gasteiger charge is 2.28. The Morgan fingerprint density at radius 2 is 1.57 bits per heavy atom. The number of aliphatic carboxylic acids is 1. The Balaban J connectivity index is 1.89. The summed E-state index contributed by atoms with van der Waals surface area (Å²) in [6.45, 7) is 2.27. The van der Waals surface area contributed by atoms with E-state index in [4.69, 9.17) is 0 Å². The highest BCUT2D eigenvalue weighted by Crippen LogP contribution is 2.28. The molecule has 1 amide bonds. The molecule has 0 saturated carbocycles. The van der Waals surface area contributed by atoms with Gasteiger partial charge < -0.3 is 5.11 Å². The lowest BCUT2D eigenvalue weighted by atomic mass is 10.1. The number of rotatable bonds is 7. The second kappa shape index (κ2) is 8.67. The molecule has 144 valence electrons. The number of amides is 1. The number of nitrogens with zero attached hydrogens (tertiary/aromatic N) is 2. The maximum atomic E-state index is 13.2. The minimum atomic E-state index is -1.04. The zero-order valence-electron chi connectivity index (χ0n) is 16.1. The van der Waals surface area contributed by atoms with Crippen molar-refractivity contribution < 1.29 is 14.7 Å². The molecule has 5 heteroatoms. The van der Waals surface area contributed by atoms with Crippen LogP contribution in [0.1, 0.15) is 12.5 Å². The summed E-state index contributed by atoms with van der Waals surface area (Å²) in [5.41, 5.74) is 1.71. The van der Waals surface area contributed by atoms with E-state index < -0.39 is 12.0 Å². The van der Waals surface area contributed by atoms with Crippen LogP contribution in [0.2, 0.25) is 0 Å². The van der Waals surface area contributed by atoms with Gasteiger partial charge in [-0.15, -0.1) is 0 Å². The number of fused-ring (bicyclic) bond motifs is 1. The molecule has 0 bridgehead atoms. The smallest absolute Gasteiger partial charge is 0.326 e. The fraction of sp³-hybridized carbons (Fsp3) is 0.217. The summed E-state index contributed by atoms with van der Waals surface area (Å²) in [4.78, 5) is 28.2. The molecule has 0 saturated heterocycles. The van der Waals surface area contributed by atoms with E-state index in [0.717, 1.165) is 16.3 Å². The molecule has 0 aliphatic heterocycles. The summed E-state index contributed by atoms with van der Waals surface area (Å²) >= 11 is 0. The Hall–Kier alpha value is -3.18. The second-order valence-corrected chi connectivity index (χ2v) is 6.93. The third kappa shape index (κ3) is 4.38. The Morgan fingerprint density at radius 3 is 2.29 bits per heavy atom. The van der Waals surface area contributed by atoms with E-state index in [0.29, 0.717) is 12.2 Å². The van der Waals surface area contributed by atoms with Crippen LogP contribution in [0, 0.1) is 0 Å². The Morgan fingerprint density at radius 1 is 0.929 bits per heavy atom. The van der Waals surface area contributed by atoms with Gasteiger partial charge in [0.1, 0.15) is 6.04 Å². The number of hydrogen-bond donors (Lipinski definition) is 1. The number of carbonyl (C=O) groups excluding carboxylic acids is 1. The Bertz CT molecular complexity index is 967. The van der Waals surface area contributed by atoms with Crippen molar-refractivity contribution in [2.75, 3.05) is 18.5 Å². The molecule has 0 aliphatic rings. The van der Waals surface area contributed by atoms with Gasteiger partial charge in [0.25, 0.3) is 0 Å². The van der Waals surface area contributed by atoms with Gasteiger partial charge >= 0.3 is 5.97 Å². The van der Waals surface area contributed by atoms with Crippen molar-refractivity contribution in [3.05, 3.63) is 78.4 Å². The van der Waals surface area contributed by atoms with Gasteiger partial charge in [-0.3, -0.25) is 14.6 Å². The van der Waals surface area contributed by atoms with E-state index in [2.05, 4.69) is 0 Å². The van der Waals surface area contributed by atoms with Crippen molar-refractivity contribution in [3.8, 4) is 0 Å². The molecule has 1 atom stereocenters. The van der Waals surface area contributed by atoms with Crippen LogP contribution in [0.4, 0.5) is 5.69 Å². The van der Waals surface area contributed by atoms with E-state index in [1.807, 2.05) is 78.7 Å². The number of carboxylic acids is 1. The first-order valence-corrected chi connectivity index (χ1v) is 9.22. The number of carbonyl (C=O) groups is 2. The van der Waals surface area contributed by atoms with Crippen LogP contribution in [0.25, 0.3) is 10.8 Å². The van der Waals surface area contributed by atoms with Crippen molar-refractivity contribution >= 4 is 28.3 Å². The number of likely N-dealkylation sites (N-methyl/N-ethyl adjacent to an activating group) is 1. The summed E-state index contributed by atoms with van der Waals surface area (Å²) in [7, 11) is 1.86. The summed E-state index contributed by atoms with van der Waals surface area (Å²) in [5, 5.41) is 11.4. The van der Waals surface area contributed by atoms with Gasteiger partial charge in [-0.25, -0.2) is 4.79 Å². The van der Waals surface area contributed by atoms with Crippen LogP contribution in [0.15, 0.2) is 72.8 Å². The first kappa shape index (κ1) is 19.6. The minimum Gasteiger partial charge on any atom is -0.480 e. The molecule has 0 aromatic heterocycles. The molecule has 1 N–H and O–H groups in total. The monoisotopic (exact) mass is 376 g/mol. The van der Waals surface area contributed by atoms with Crippen molar-refractivity contribution in [2.45, 2.75) is 19.5 Å². The number of benzene rings is 3. The van der Waals surface area contributed by atoms with Crippen molar-refractivity contribution in [3.63, 3.8) is 0 Å². The highest BCUT2D eigenvalue weighted by molar-refractivity contribution is 6.07. The Labute approximate surface area is 164 Å². The number of carboxylic acid groups (broad SMARTS) is 1. The van der Waals surface area contributed by atoms with Crippen LogP contribution in [-0.4, -0.2) is 41.5 Å². The molecule has 3 aromatic carbocycles. The third-order valence-corrected chi connectivity index (χ3v) is 4.74. The van der Waals surface area contributed by atoms with Gasteiger partial charge in [-0.1, -0.05) is 66.7 Å². The van der Waals surface area contributed by atoms with Gasteiger partial charge in [0.2, 0.25) is 5.91 Å². The Kier molecular flexibility index (Phi) is 6.06. The molecule has 0 aliphatic carbocycles. The molecule has 3 aromatic rings. The van der Waals surface area contributed by atoms with Gasteiger partial charge in [0, 0.05) is 11.9 Å². The maximum Gasteiger partial charge on any atom is 0.326 e. The first-order chi connectivity index (χ1) is 13.5. The average molecular weight is 376 g/mol. The van der Waals surface area contributed by atoms with Crippen LogP contribution in [-0.2, 0) is 16.1 Å². The van der Waals surface area contributed by atoms with Crippen LogP contribution < -0.4 is 4.90 Å². The van der Waals surface area contributed by atoms with Gasteiger partial charge in [0.15, 0.2) is 0 Å². The van der Waals surface area contributed by atoms with Crippen molar-refractivity contribution in [2.24, 2.45) is 0 Å². The van der Waals surface area contributed by atoms with Crippen molar-refractivity contribution in [1.29, 1.82) is 0 Å². The highest BCUT2D eigenvalue weighted by atomic mass is 16.4. The summed E-state index contributed by atoms with van der Waals surface area (Å²) in [6, 6.07) is 22.2. The molecule has 0 spiro atoms. The average Bonchev–Trinajstić information content (AvgIpc) is 2.69. The fourth-order valence-corrected chi connectivity index (χ4v) is 3.35. The quantitative estimate of drug-likeness (QED) is 0.682. The summed E-state index contributed by atoms with van der Waals surface area (Å²) < 4.78 is 0. The molecule has 3 rings (SSSR count). The van der Waals surface area contributed by atoms with Gasteiger partial charge in [-0.05, 0) is 31.0 Å². The zero-order valence-corrected chi connectivity index (χ0v) is 16.1. The van der Waals surface area contributed by atoms with Crippen molar-refractivity contribution in [1.82, 2.24) is 4.90 Å². The fourth-order valence-electron chi connectivity index (χ4n) is 3.35. The molecule has 0 heterocycles. The molecular formula is C23H24N2O3. The third-order valence-electron chi connectivity index (χ3n) is 4.74. The maximum absolute atomic E-state index is 13.2. The lowest BCUT2D eigenvalue weighted by Gasteiger charge is -2.29. The molecule has 0 radical (unpaired) electrons. The summed E-state index contributed by atoms with van der Waals surface area (Å²) in [6.07, 6.45) is 0. The minimum absolute atomic E-state index is 0.121. The van der Waals surface area contributed by atoms with Gasteiger partial charge in [0.05, 0.1) is 12.2 Å². The lowest BCUT2D eigenvalue weighted by molar-refractivity contribution is -0.139. The van der Waals surface area contributed by atoms with E-state index >= 15 is 0 Å². The molecular weight excluding hydrogens is 352 g/mol. The molecule has 0 unspecified atom stereocenters. The number of anilines is 1.